The van der Waals surface area contributed by atoms with Crippen LogP contribution >= 0.6 is 0 Å². The monoisotopic (exact) mass is 397 g/mol. The maximum absolute atomic E-state index is 12.3. The largest absolute Gasteiger partial charge is 0.354 e. The summed E-state index contributed by atoms with van der Waals surface area (Å²) in [5.41, 5.74) is 7.55. The van der Waals surface area contributed by atoms with Crippen molar-refractivity contribution in [1.29, 1.82) is 0 Å². The Labute approximate surface area is 177 Å². The van der Waals surface area contributed by atoms with Gasteiger partial charge in [0.05, 0.1) is 11.4 Å². The summed E-state index contributed by atoms with van der Waals surface area (Å²) in [5.74, 6) is 0.0639. The number of carbonyl (C=O) groups is 1. The first kappa shape index (κ1) is 19.9. The van der Waals surface area contributed by atoms with Gasteiger partial charge >= 0.3 is 0 Å². The van der Waals surface area contributed by atoms with Gasteiger partial charge in [0.25, 0.3) is 0 Å². The molecule has 4 heteroatoms. The summed E-state index contributed by atoms with van der Waals surface area (Å²) in [4.78, 5) is 17.2. The summed E-state index contributed by atoms with van der Waals surface area (Å²) < 4.78 is 2.15. The zero-order chi connectivity index (χ0) is 21.1. The number of carbonyl (C=O) groups excluding carboxylic acids is 1. The number of hydrogen-bond acceptors (Lipinski definition) is 2. The van der Waals surface area contributed by atoms with Crippen LogP contribution in [0, 0.1) is 6.92 Å². The Kier molecular flexibility index (Phi) is 5.66. The fourth-order valence-corrected chi connectivity index (χ4v) is 3.84. The highest BCUT2D eigenvalue weighted by Gasteiger charge is 2.16. The van der Waals surface area contributed by atoms with Crippen molar-refractivity contribution < 1.29 is 4.79 Å². The number of aromatic nitrogens is 2. The molecule has 1 N–H and O–H groups in total. The molecule has 0 spiro atoms. The predicted molar refractivity (Wildman–Crippen MR) is 122 cm³/mol. The van der Waals surface area contributed by atoms with E-state index in [0.29, 0.717) is 12.8 Å². The van der Waals surface area contributed by atoms with Gasteiger partial charge in [-0.15, -0.1) is 0 Å². The van der Waals surface area contributed by atoms with Gasteiger partial charge in [-0.3, -0.25) is 4.79 Å². The molecule has 0 saturated carbocycles. The van der Waals surface area contributed by atoms with Crippen LogP contribution in [0.5, 0.6) is 0 Å². The van der Waals surface area contributed by atoms with Crippen LogP contribution in [0.4, 0.5) is 0 Å². The highest BCUT2D eigenvalue weighted by atomic mass is 16.1. The number of nitrogens with one attached hydrogen (secondary N) is 1. The number of imidazole rings is 1. The van der Waals surface area contributed by atoms with E-state index in [9.17, 15) is 4.79 Å². The molecule has 0 aliphatic rings. The molecule has 0 unspecified atom stereocenters. The molecule has 4 nitrogen and oxygen atoms in total. The third kappa shape index (κ3) is 4.13. The third-order valence-electron chi connectivity index (χ3n) is 5.26. The van der Waals surface area contributed by atoms with Crippen LogP contribution < -0.4 is 5.32 Å². The van der Waals surface area contributed by atoms with Crippen LogP contribution in [0.15, 0.2) is 72.9 Å². The molecule has 2 aromatic carbocycles. The summed E-state index contributed by atoms with van der Waals surface area (Å²) in [5, 5.41) is 2.99. The molecule has 30 heavy (non-hydrogen) atoms. The van der Waals surface area contributed by atoms with Crippen molar-refractivity contribution in [3.05, 3.63) is 84.2 Å². The Hall–Kier alpha value is -3.40. The molecule has 0 radical (unpaired) electrons. The molecule has 4 aromatic rings. The fraction of sp³-hybridized carbons (Fsp3) is 0.231. The van der Waals surface area contributed by atoms with Crippen molar-refractivity contribution in [2.45, 2.75) is 39.7 Å². The Morgan fingerprint density at radius 3 is 2.43 bits per heavy atom. The number of hydrogen-bond donors (Lipinski definition) is 1. The van der Waals surface area contributed by atoms with Gasteiger partial charge in [-0.25, -0.2) is 4.98 Å². The molecular formula is C26H27N3O. The molecule has 0 atom stereocenters. The molecule has 0 fully saturated rings. The van der Waals surface area contributed by atoms with Crippen LogP contribution in [0.25, 0.3) is 28.0 Å². The maximum Gasteiger partial charge on any atom is 0.220 e. The van der Waals surface area contributed by atoms with Gasteiger partial charge in [0, 0.05) is 24.2 Å². The first-order valence-corrected chi connectivity index (χ1v) is 10.4. The van der Waals surface area contributed by atoms with Crippen molar-refractivity contribution in [2.75, 3.05) is 0 Å². The van der Waals surface area contributed by atoms with Gasteiger partial charge in [0.1, 0.15) is 5.65 Å². The standard InChI is InChI=1S/C26H27N3O/c1-18(2)27-25(30)16-14-23-26(20-10-5-4-6-11-20)28-24-15-13-21(17-29(23)24)22-12-8-7-9-19(22)3/h4-13,15,17-18H,14,16H2,1-3H3,(H,27,30). The van der Waals surface area contributed by atoms with Gasteiger partial charge in [0.15, 0.2) is 0 Å². The Bertz CT molecular complexity index is 1180. The third-order valence-corrected chi connectivity index (χ3v) is 5.26. The Balaban J connectivity index is 1.80. The summed E-state index contributed by atoms with van der Waals surface area (Å²) in [6, 6.07) is 22.9. The number of amides is 1. The molecule has 0 aliphatic carbocycles. The quantitative estimate of drug-likeness (QED) is 0.471. The average Bonchev–Trinajstić information content (AvgIpc) is 3.10. The SMILES string of the molecule is Cc1ccccc1-c1ccc2nc(-c3ccccc3)c(CCC(=O)NC(C)C)n2c1. The molecule has 0 saturated heterocycles. The minimum absolute atomic E-state index is 0.0639. The van der Waals surface area contributed by atoms with Crippen molar-refractivity contribution >= 4 is 11.6 Å². The number of benzene rings is 2. The number of fused-ring (bicyclic) bond motifs is 1. The summed E-state index contributed by atoms with van der Waals surface area (Å²) in [6.07, 6.45) is 3.20. The maximum atomic E-state index is 12.3. The molecular weight excluding hydrogens is 370 g/mol. The smallest absolute Gasteiger partial charge is 0.220 e. The number of rotatable bonds is 6. The number of pyridine rings is 1. The van der Waals surface area contributed by atoms with Gasteiger partial charge in [-0.2, -0.15) is 0 Å². The average molecular weight is 398 g/mol. The zero-order valence-corrected chi connectivity index (χ0v) is 17.7. The lowest BCUT2D eigenvalue weighted by atomic mass is 10.0. The van der Waals surface area contributed by atoms with E-state index in [1.54, 1.807) is 0 Å². The van der Waals surface area contributed by atoms with Crippen molar-refractivity contribution in [1.82, 2.24) is 14.7 Å². The topological polar surface area (TPSA) is 46.4 Å². The van der Waals surface area contributed by atoms with Crippen LogP contribution in [-0.2, 0) is 11.2 Å². The van der Waals surface area contributed by atoms with Gasteiger partial charge in [0.2, 0.25) is 5.91 Å². The molecule has 0 aliphatic heterocycles. The van der Waals surface area contributed by atoms with E-state index in [1.807, 2.05) is 32.0 Å². The van der Waals surface area contributed by atoms with Crippen molar-refractivity contribution in [3.63, 3.8) is 0 Å². The number of aryl methyl sites for hydroxylation is 2. The Morgan fingerprint density at radius 2 is 1.70 bits per heavy atom. The summed E-state index contributed by atoms with van der Waals surface area (Å²) >= 11 is 0. The lowest BCUT2D eigenvalue weighted by Crippen LogP contribution is -2.30. The van der Waals surface area contributed by atoms with Gasteiger partial charge < -0.3 is 9.72 Å². The van der Waals surface area contributed by atoms with Crippen LogP contribution in [0.1, 0.15) is 31.5 Å². The van der Waals surface area contributed by atoms with Crippen LogP contribution in [0.2, 0.25) is 0 Å². The van der Waals surface area contributed by atoms with E-state index < -0.39 is 0 Å². The first-order chi connectivity index (χ1) is 14.5. The van der Waals surface area contributed by atoms with Crippen molar-refractivity contribution in [3.8, 4) is 22.4 Å². The van der Waals surface area contributed by atoms with Gasteiger partial charge in [-0.1, -0.05) is 54.6 Å². The minimum Gasteiger partial charge on any atom is -0.354 e. The van der Waals surface area contributed by atoms with E-state index >= 15 is 0 Å². The normalized spacial score (nSPS) is 11.2. The zero-order valence-electron chi connectivity index (χ0n) is 17.7. The fourth-order valence-electron chi connectivity index (χ4n) is 3.84. The molecule has 152 valence electrons. The highest BCUT2D eigenvalue weighted by molar-refractivity contribution is 5.77. The first-order valence-electron chi connectivity index (χ1n) is 10.4. The molecule has 2 heterocycles. The molecule has 0 bridgehead atoms. The van der Waals surface area contributed by atoms with Crippen LogP contribution in [-0.4, -0.2) is 21.3 Å². The number of nitrogens with zero attached hydrogens (tertiary/aromatic N) is 2. The second-order valence-electron chi connectivity index (χ2n) is 7.96. The molecule has 1 amide bonds. The summed E-state index contributed by atoms with van der Waals surface area (Å²) in [6.45, 7) is 6.09. The molecule has 2 aromatic heterocycles. The second-order valence-corrected chi connectivity index (χ2v) is 7.96. The minimum atomic E-state index is 0.0639. The van der Waals surface area contributed by atoms with E-state index in [2.05, 4.69) is 71.4 Å². The molecule has 4 rings (SSSR count). The van der Waals surface area contributed by atoms with E-state index in [4.69, 9.17) is 4.98 Å². The Morgan fingerprint density at radius 1 is 0.967 bits per heavy atom. The van der Waals surface area contributed by atoms with Crippen molar-refractivity contribution in [2.24, 2.45) is 0 Å². The second kappa shape index (κ2) is 8.54. The van der Waals surface area contributed by atoms with Gasteiger partial charge in [-0.05, 0) is 56.0 Å². The van der Waals surface area contributed by atoms with E-state index in [1.165, 1.54) is 11.1 Å². The lowest BCUT2D eigenvalue weighted by molar-refractivity contribution is -0.121. The van der Waals surface area contributed by atoms with E-state index in [0.717, 1.165) is 28.2 Å². The predicted octanol–water partition coefficient (Wildman–Crippen LogP) is 5.43. The van der Waals surface area contributed by atoms with E-state index in [-0.39, 0.29) is 11.9 Å². The highest BCUT2D eigenvalue weighted by Crippen LogP contribution is 2.29. The van der Waals surface area contributed by atoms with Crippen LogP contribution in [0.3, 0.4) is 0 Å². The summed E-state index contributed by atoms with van der Waals surface area (Å²) in [7, 11) is 0. The lowest BCUT2D eigenvalue weighted by Gasteiger charge is -2.10.